The molecule has 3 rings (SSSR count). The minimum atomic E-state index is -0.280. The highest BCUT2D eigenvalue weighted by molar-refractivity contribution is 6.33. The fraction of sp³-hybridized carbons (Fsp3) is 0.158. The van der Waals surface area contributed by atoms with E-state index in [0.717, 1.165) is 11.1 Å². The van der Waals surface area contributed by atoms with Gasteiger partial charge in [0, 0.05) is 13.6 Å². The molecule has 0 saturated carbocycles. The van der Waals surface area contributed by atoms with Gasteiger partial charge in [-0.05, 0) is 11.1 Å². The Kier molecular flexibility index (Phi) is 4.96. The molecule has 0 aliphatic heterocycles. The van der Waals surface area contributed by atoms with Gasteiger partial charge in [-0.3, -0.25) is 4.79 Å². The molecule has 1 heterocycles. The van der Waals surface area contributed by atoms with Gasteiger partial charge in [-0.1, -0.05) is 72.3 Å². The lowest BCUT2D eigenvalue weighted by Crippen LogP contribution is -2.27. The topological polar surface area (TPSA) is 38.1 Å². The van der Waals surface area contributed by atoms with Gasteiger partial charge in [0.1, 0.15) is 5.02 Å². The average Bonchev–Trinajstić information content (AvgIpc) is 2.61. The van der Waals surface area contributed by atoms with Crippen LogP contribution in [0.15, 0.2) is 71.7 Å². The molecular weight excluding hydrogens is 322 g/mol. The Bertz CT molecular complexity index is 863. The second-order valence-corrected chi connectivity index (χ2v) is 6.01. The molecular formula is C19H18ClN3O. The number of rotatable bonds is 5. The van der Waals surface area contributed by atoms with Crippen LogP contribution in [0.2, 0.25) is 5.02 Å². The van der Waals surface area contributed by atoms with Crippen molar-refractivity contribution in [2.45, 2.75) is 13.1 Å². The number of halogens is 1. The quantitative estimate of drug-likeness (QED) is 0.713. The summed E-state index contributed by atoms with van der Waals surface area (Å²) in [7, 11) is 1.90. The molecule has 122 valence electrons. The highest BCUT2D eigenvalue weighted by atomic mass is 35.5. The van der Waals surface area contributed by atoms with Crippen LogP contribution in [-0.4, -0.2) is 16.8 Å². The van der Waals surface area contributed by atoms with E-state index in [1.54, 1.807) is 6.20 Å². The zero-order valence-corrected chi connectivity index (χ0v) is 14.1. The number of aromatic nitrogens is 2. The fourth-order valence-corrected chi connectivity index (χ4v) is 2.82. The first kappa shape index (κ1) is 16.3. The van der Waals surface area contributed by atoms with Gasteiger partial charge in [-0.2, -0.15) is 5.10 Å². The summed E-state index contributed by atoms with van der Waals surface area (Å²) in [5.74, 6) is 0. The van der Waals surface area contributed by atoms with Crippen molar-refractivity contribution < 1.29 is 0 Å². The lowest BCUT2D eigenvalue weighted by molar-refractivity contribution is 0.637. The van der Waals surface area contributed by atoms with Crippen molar-refractivity contribution in [2.24, 2.45) is 0 Å². The summed E-state index contributed by atoms with van der Waals surface area (Å²) in [6.45, 7) is 1.06. The Labute approximate surface area is 145 Å². The van der Waals surface area contributed by atoms with Crippen molar-refractivity contribution in [3.63, 3.8) is 0 Å². The van der Waals surface area contributed by atoms with Gasteiger partial charge >= 0.3 is 0 Å². The zero-order chi connectivity index (χ0) is 16.9. The van der Waals surface area contributed by atoms with Crippen LogP contribution in [0.5, 0.6) is 0 Å². The van der Waals surface area contributed by atoms with Gasteiger partial charge in [0.25, 0.3) is 5.56 Å². The minimum absolute atomic E-state index is 0.194. The molecule has 4 nitrogen and oxygen atoms in total. The molecule has 0 atom stereocenters. The molecule has 0 unspecified atom stereocenters. The monoisotopic (exact) mass is 339 g/mol. The van der Waals surface area contributed by atoms with Gasteiger partial charge in [-0.25, -0.2) is 4.68 Å². The summed E-state index contributed by atoms with van der Waals surface area (Å²) in [6.07, 6.45) is 1.65. The average molecular weight is 340 g/mol. The molecule has 0 N–H and O–H groups in total. The fourth-order valence-electron chi connectivity index (χ4n) is 2.53. The molecule has 0 bridgehead atoms. The summed E-state index contributed by atoms with van der Waals surface area (Å²) < 4.78 is 1.39. The van der Waals surface area contributed by atoms with Crippen LogP contribution >= 0.6 is 11.6 Å². The Morgan fingerprint density at radius 2 is 1.58 bits per heavy atom. The van der Waals surface area contributed by atoms with E-state index in [0.29, 0.717) is 18.8 Å². The lowest BCUT2D eigenvalue weighted by atomic mass is 10.2. The summed E-state index contributed by atoms with van der Waals surface area (Å²) in [6, 6.07) is 19.7. The van der Waals surface area contributed by atoms with Crippen LogP contribution in [-0.2, 0) is 13.1 Å². The molecule has 0 radical (unpaired) electrons. The second-order valence-electron chi connectivity index (χ2n) is 5.63. The largest absolute Gasteiger partial charge is 0.368 e. The number of benzene rings is 2. The van der Waals surface area contributed by atoms with Crippen molar-refractivity contribution in [1.82, 2.24) is 9.78 Å². The first-order chi connectivity index (χ1) is 11.6. The van der Waals surface area contributed by atoms with Crippen LogP contribution in [0, 0.1) is 0 Å². The summed E-state index contributed by atoms with van der Waals surface area (Å²) in [4.78, 5) is 14.4. The van der Waals surface area contributed by atoms with E-state index in [2.05, 4.69) is 5.10 Å². The molecule has 0 aliphatic carbocycles. The molecule has 0 aliphatic rings. The normalized spacial score (nSPS) is 10.6. The van der Waals surface area contributed by atoms with Gasteiger partial charge in [-0.15, -0.1) is 0 Å². The maximum atomic E-state index is 12.5. The van der Waals surface area contributed by atoms with Gasteiger partial charge in [0.15, 0.2) is 0 Å². The number of hydrogen-bond donors (Lipinski definition) is 0. The molecule has 1 aromatic heterocycles. The first-order valence-electron chi connectivity index (χ1n) is 7.70. The van der Waals surface area contributed by atoms with Gasteiger partial charge < -0.3 is 4.90 Å². The Balaban J connectivity index is 1.83. The predicted octanol–water partition coefficient (Wildman–Crippen LogP) is 3.58. The van der Waals surface area contributed by atoms with Crippen molar-refractivity contribution in [2.75, 3.05) is 11.9 Å². The maximum Gasteiger partial charge on any atom is 0.287 e. The van der Waals surface area contributed by atoms with E-state index < -0.39 is 0 Å². The van der Waals surface area contributed by atoms with Crippen LogP contribution in [0.3, 0.4) is 0 Å². The molecule has 2 aromatic carbocycles. The van der Waals surface area contributed by atoms with Crippen molar-refractivity contribution >= 4 is 17.3 Å². The van der Waals surface area contributed by atoms with Crippen LogP contribution in [0.4, 0.5) is 5.69 Å². The lowest BCUT2D eigenvalue weighted by Gasteiger charge is -2.20. The van der Waals surface area contributed by atoms with Crippen LogP contribution < -0.4 is 10.5 Å². The molecule has 0 saturated heterocycles. The zero-order valence-electron chi connectivity index (χ0n) is 13.4. The van der Waals surface area contributed by atoms with E-state index in [4.69, 9.17) is 11.6 Å². The van der Waals surface area contributed by atoms with Gasteiger partial charge in [0.05, 0.1) is 18.4 Å². The Morgan fingerprint density at radius 1 is 1.00 bits per heavy atom. The van der Waals surface area contributed by atoms with E-state index >= 15 is 0 Å². The first-order valence-corrected chi connectivity index (χ1v) is 8.07. The van der Waals surface area contributed by atoms with E-state index in [1.165, 1.54) is 4.68 Å². The highest BCUT2D eigenvalue weighted by Gasteiger charge is 2.13. The second kappa shape index (κ2) is 7.32. The Hall–Kier alpha value is -2.59. The SMILES string of the molecule is CN(Cc1ccccc1)c1cnn(Cc2ccccc2)c(=O)c1Cl. The third-order valence-corrected chi connectivity index (χ3v) is 4.17. The Morgan fingerprint density at radius 3 is 2.21 bits per heavy atom. The molecule has 24 heavy (non-hydrogen) atoms. The standard InChI is InChI=1S/C19H18ClN3O/c1-22(13-15-8-4-2-5-9-15)17-12-21-23(19(24)18(17)20)14-16-10-6-3-7-11-16/h2-12H,13-14H2,1H3. The minimum Gasteiger partial charge on any atom is -0.368 e. The third kappa shape index (κ3) is 3.66. The van der Waals surface area contributed by atoms with Crippen LogP contribution in [0.25, 0.3) is 0 Å². The molecule has 5 heteroatoms. The van der Waals surface area contributed by atoms with E-state index in [1.807, 2.05) is 72.6 Å². The summed E-state index contributed by atoms with van der Waals surface area (Å²) >= 11 is 6.31. The number of hydrogen-bond acceptors (Lipinski definition) is 3. The van der Waals surface area contributed by atoms with E-state index in [-0.39, 0.29) is 10.6 Å². The predicted molar refractivity (Wildman–Crippen MR) is 97.6 cm³/mol. The van der Waals surface area contributed by atoms with Gasteiger partial charge in [0.2, 0.25) is 0 Å². The summed E-state index contributed by atoms with van der Waals surface area (Å²) in [5.41, 5.74) is 2.51. The smallest absolute Gasteiger partial charge is 0.287 e. The molecule has 0 spiro atoms. The van der Waals surface area contributed by atoms with Crippen LogP contribution in [0.1, 0.15) is 11.1 Å². The maximum absolute atomic E-state index is 12.5. The molecule has 3 aromatic rings. The molecule has 0 amide bonds. The number of anilines is 1. The number of nitrogens with zero attached hydrogens (tertiary/aromatic N) is 3. The van der Waals surface area contributed by atoms with Crippen molar-refractivity contribution in [3.8, 4) is 0 Å². The highest BCUT2D eigenvalue weighted by Crippen LogP contribution is 2.21. The van der Waals surface area contributed by atoms with E-state index in [9.17, 15) is 4.79 Å². The summed E-state index contributed by atoms with van der Waals surface area (Å²) in [5, 5.41) is 4.47. The third-order valence-electron chi connectivity index (χ3n) is 3.82. The molecule has 0 fully saturated rings. The van der Waals surface area contributed by atoms with Crippen molar-refractivity contribution in [3.05, 3.63) is 93.4 Å². The van der Waals surface area contributed by atoms with Crippen molar-refractivity contribution in [1.29, 1.82) is 0 Å².